The van der Waals surface area contributed by atoms with Gasteiger partial charge in [-0.1, -0.05) is 24.3 Å². The second kappa shape index (κ2) is 8.01. The van der Waals surface area contributed by atoms with E-state index in [1.54, 1.807) is 17.9 Å². The summed E-state index contributed by atoms with van der Waals surface area (Å²) in [6.45, 7) is 9.18. The predicted molar refractivity (Wildman–Crippen MR) is 117 cm³/mol. The van der Waals surface area contributed by atoms with Crippen LogP contribution in [0.3, 0.4) is 0 Å². The fourth-order valence-corrected chi connectivity index (χ4v) is 6.01. The first-order valence-electron chi connectivity index (χ1n) is 11.0. The average molecular weight is 443 g/mol. The fourth-order valence-electron chi connectivity index (χ4n) is 6.01. The Kier molecular flexibility index (Phi) is 5.63. The molecule has 1 aromatic carbocycles. The number of anilines is 1. The zero-order chi connectivity index (χ0) is 23.4. The van der Waals surface area contributed by atoms with Crippen LogP contribution in [0.4, 0.5) is 5.69 Å². The highest BCUT2D eigenvalue weighted by atomic mass is 16.5. The number of nitrogens with zero attached hydrogens (tertiary/aromatic N) is 2. The number of carboxylic acids is 1. The molecule has 3 aliphatic heterocycles. The number of carboxylic acid groups (broad SMARTS) is 1. The van der Waals surface area contributed by atoms with Gasteiger partial charge >= 0.3 is 5.97 Å². The first-order chi connectivity index (χ1) is 15.2. The lowest BCUT2D eigenvalue weighted by atomic mass is 9.70. The molecule has 1 spiro atoms. The van der Waals surface area contributed by atoms with E-state index in [1.165, 1.54) is 4.90 Å². The number of aliphatic hydroxyl groups is 1. The zero-order valence-electron chi connectivity index (χ0n) is 18.7. The highest BCUT2D eigenvalue weighted by Gasteiger charge is 2.75. The van der Waals surface area contributed by atoms with Crippen LogP contribution in [0.15, 0.2) is 30.9 Å². The van der Waals surface area contributed by atoms with Crippen LogP contribution in [-0.4, -0.2) is 69.8 Å². The number of rotatable bonds is 7. The van der Waals surface area contributed by atoms with Crippen LogP contribution in [0.2, 0.25) is 0 Å². The van der Waals surface area contributed by atoms with Gasteiger partial charge in [0.1, 0.15) is 11.6 Å². The number of hydrogen-bond acceptors (Lipinski definition) is 5. The fraction of sp³-hybridized carbons (Fsp3) is 0.542. The molecule has 1 aromatic rings. The topological polar surface area (TPSA) is 107 Å². The van der Waals surface area contributed by atoms with Crippen molar-refractivity contribution in [3.05, 3.63) is 42.0 Å². The van der Waals surface area contributed by atoms with E-state index in [0.717, 1.165) is 16.8 Å². The van der Waals surface area contributed by atoms with E-state index in [9.17, 15) is 24.6 Å². The van der Waals surface area contributed by atoms with Gasteiger partial charge in [0.05, 0.1) is 30.6 Å². The lowest BCUT2D eigenvalue weighted by Crippen LogP contribution is -2.58. The van der Waals surface area contributed by atoms with Crippen molar-refractivity contribution in [2.24, 2.45) is 11.8 Å². The Morgan fingerprint density at radius 2 is 2.03 bits per heavy atom. The molecule has 3 fully saturated rings. The summed E-state index contributed by atoms with van der Waals surface area (Å²) in [7, 11) is 0. The molecule has 4 rings (SSSR count). The van der Waals surface area contributed by atoms with Gasteiger partial charge in [0, 0.05) is 12.2 Å². The van der Waals surface area contributed by atoms with E-state index >= 15 is 0 Å². The van der Waals surface area contributed by atoms with Gasteiger partial charge in [-0.25, -0.2) is 0 Å². The maximum absolute atomic E-state index is 14.2. The van der Waals surface area contributed by atoms with Crippen LogP contribution in [-0.2, 0) is 19.1 Å². The number of hydrogen-bond donors (Lipinski definition) is 2. The van der Waals surface area contributed by atoms with E-state index in [2.05, 4.69) is 6.58 Å². The summed E-state index contributed by atoms with van der Waals surface area (Å²) >= 11 is 0. The minimum Gasteiger partial charge on any atom is -0.481 e. The molecule has 6 atom stereocenters. The molecule has 0 aromatic heterocycles. The number of aliphatic carboxylic acids is 1. The first-order valence-corrected chi connectivity index (χ1v) is 11.0. The molecule has 8 heteroatoms. The Morgan fingerprint density at radius 1 is 1.38 bits per heavy atom. The average Bonchev–Trinajstić information content (AvgIpc) is 3.39. The molecule has 0 aliphatic carbocycles. The number of likely N-dealkylation sites (tertiary alicyclic amines) is 1. The second-order valence-corrected chi connectivity index (χ2v) is 9.15. The molecule has 2 bridgehead atoms. The molecule has 8 nitrogen and oxygen atoms in total. The lowest BCUT2D eigenvalue weighted by molar-refractivity contribution is -0.150. The van der Waals surface area contributed by atoms with Crippen molar-refractivity contribution in [1.82, 2.24) is 4.90 Å². The third-order valence-corrected chi connectivity index (χ3v) is 7.28. The quantitative estimate of drug-likeness (QED) is 0.622. The zero-order valence-corrected chi connectivity index (χ0v) is 18.7. The van der Waals surface area contributed by atoms with Crippen LogP contribution in [0.5, 0.6) is 0 Å². The van der Waals surface area contributed by atoms with E-state index in [4.69, 9.17) is 4.74 Å². The summed E-state index contributed by atoms with van der Waals surface area (Å²) in [5, 5.41) is 19.7. The number of para-hydroxylation sites is 1. The number of aryl methyl sites for hydroxylation is 2. The van der Waals surface area contributed by atoms with Gasteiger partial charge in [-0.2, -0.15) is 0 Å². The predicted octanol–water partition coefficient (Wildman–Crippen LogP) is 1.66. The number of fused-ring (bicyclic) bond motifs is 1. The number of ether oxygens (including phenoxy) is 1. The van der Waals surface area contributed by atoms with Gasteiger partial charge in [0.2, 0.25) is 5.91 Å². The monoisotopic (exact) mass is 442 g/mol. The molecule has 172 valence electrons. The molecule has 0 saturated carbocycles. The Bertz CT molecular complexity index is 957. The van der Waals surface area contributed by atoms with E-state index in [-0.39, 0.29) is 19.1 Å². The van der Waals surface area contributed by atoms with Crippen LogP contribution in [0, 0.1) is 25.7 Å². The van der Waals surface area contributed by atoms with Crippen molar-refractivity contribution in [3.8, 4) is 0 Å². The van der Waals surface area contributed by atoms with Crippen LogP contribution < -0.4 is 4.90 Å². The molecule has 32 heavy (non-hydrogen) atoms. The smallest absolute Gasteiger partial charge is 0.310 e. The minimum atomic E-state index is -1.21. The Labute approximate surface area is 187 Å². The number of carbonyl (C=O) groups excluding carboxylic acids is 2. The van der Waals surface area contributed by atoms with Crippen molar-refractivity contribution in [2.45, 2.75) is 57.4 Å². The molecule has 2 N–H and O–H groups in total. The van der Waals surface area contributed by atoms with Crippen LogP contribution in [0.25, 0.3) is 0 Å². The van der Waals surface area contributed by atoms with Gasteiger partial charge in [0.15, 0.2) is 0 Å². The van der Waals surface area contributed by atoms with Crippen LogP contribution in [0.1, 0.15) is 30.9 Å². The number of aliphatic hydroxyl groups excluding tert-OH is 1. The van der Waals surface area contributed by atoms with Crippen LogP contribution >= 0.6 is 0 Å². The molecule has 3 heterocycles. The summed E-state index contributed by atoms with van der Waals surface area (Å²) in [4.78, 5) is 42.7. The third-order valence-electron chi connectivity index (χ3n) is 7.28. The summed E-state index contributed by atoms with van der Waals surface area (Å²) in [6, 6.07) is 4.07. The highest BCUT2D eigenvalue weighted by molar-refractivity contribution is 6.05. The highest BCUT2D eigenvalue weighted by Crippen LogP contribution is 2.59. The summed E-state index contributed by atoms with van der Waals surface area (Å²) in [5.74, 6) is -3.79. The normalized spacial score (nSPS) is 31.5. The maximum atomic E-state index is 14.2. The number of amides is 2. The van der Waals surface area contributed by atoms with Crippen molar-refractivity contribution in [2.75, 3.05) is 18.1 Å². The van der Waals surface area contributed by atoms with E-state index < -0.39 is 47.5 Å². The van der Waals surface area contributed by atoms with Gasteiger partial charge in [-0.15, -0.1) is 6.58 Å². The minimum absolute atomic E-state index is 0.225. The van der Waals surface area contributed by atoms with Gasteiger partial charge < -0.3 is 24.7 Å². The molecular formula is C24H30N2O6. The summed E-state index contributed by atoms with van der Waals surface area (Å²) < 4.78 is 6.21. The summed E-state index contributed by atoms with van der Waals surface area (Å²) in [6.07, 6.45) is 1.95. The maximum Gasteiger partial charge on any atom is 0.310 e. The number of carbonyl (C=O) groups is 3. The summed E-state index contributed by atoms with van der Waals surface area (Å²) in [5.41, 5.74) is 1.34. The molecule has 3 saturated heterocycles. The Hall–Kier alpha value is -2.71. The molecule has 0 unspecified atom stereocenters. The van der Waals surface area contributed by atoms with Gasteiger partial charge in [-0.05, 0) is 44.7 Å². The van der Waals surface area contributed by atoms with E-state index in [0.29, 0.717) is 12.8 Å². The number of benzene rings is 1. The van der Waals surface area contributed by atoms with Crippen molar-refractivity contribution in [1.29, 1.82) is 0 Å². The SMILES string of the molecule is C=CCN(C(=O)[C@@H]1N([C@H](C)CO)C(=O)[C@H]2[C@H](C(=O)O)[C@@H]3CC[C@]12O3)c1c(C)cccc1C. The molecule has 2 amide bonds. The molecule has 3 aliphatic rings. The Morgan fingerprint density at radius 3 is 2.59 bits per heavy atom. The Balaban J connectivity index is 1.85. The van der Waals surface area contributed by atoms with Gasteiger partial charge in [0.25, 0.3) is 5.91 Å². The first kappa shape index (κ1) is 22.5. The molecule has 0 radical (unpaired) electrons. The standard InChI is InChI=1S/C24H30N2O6/c1-5-11-25(19-13(2)7-6-8-14(19)3)22(29)20-24-10-9-16(32-24)17(23(30)31)18(24)21(28)26(20)15(4)12-27/h5-8,15-18,20,27H,1,9-12H2,2-4H3,(H,30,31)/t15-,16+,17-,18-,20+,24-/m1/s1. The van der Waals surface area contributed by atoms with Gasteiger partial charge in [-0.3, -0.25) is 14.4 Å². The van der Waals surface area contributed by atoms with Crippen molar-refractivity contribution in [3.63, 3.8) is 0 Å². The third kappa shape index (κ3) is 3.00. The second-order valence-electron chi connectivity index (χ2n) is 9.15. The van der Waals surface area contributed by atoms with Crippen molar-refractivity contribution >= 4 is 23.5 Å². The lowest BCUT2D eigenvalue weighted by Gasteiger charge is -2.39. The largest absolute Gasteiger partial charge is 0.481 e. The van der Waals surface area contributed by atoms with E-state index in [1.807, 2.05) is 32.0 Å². The molecular weight excluding hydrogens is 412 g/mol. The van der Waals surface area contributed by atoms with Crippen molar-refractivity contribution < 1.29 is 29.3 Å².